The van der Waals surface area contributed by atoms with Crippen molar-refractivity contribution in [3.8, 4) is 11.8 Å². The number of nitrogens with two attached hydrogens (primary N) is 1. The van der Waals surface area contributed by atoms with Crippen LogP contribution in [0.15, 0.2) is 24.4 Å². The lowest BCUT2D eigenvalue weighted by molar-refractivity contribution is 0.0342. The van der Waals surface area contributed by atoms with Crippen molar-refractivity contribution in [2.24, 2.45) is 11.7 Å². The second kappa shape index (κ2) is 7.64. The van der Waals surface area contributed by atoms with Crippen LogP contribution in [0.3, 0.4) is 0 Å². The highest BCUT2D eigenvalue weighted by molar-refractivity contribution is 6.32. The van der Waals surface area contributed by atoms with Crippen LogP contribution in [0.25, 0.3) is 0 Å². The number of hydrogen-bond acceptors (Lipinski definition) is 6. The minimum atomic E-state index is -0.620. The van der Waals surface area contributed by atoms with Crippen LogP contribution in [0.5, 0.6) is 5.75 Å². The Balaban J connectivity index is 1.93. The third kappa shape index (κ3) is 3.59. The number of halogens is 1. The first-order valence-corrected chi connectivity index (χ1v) is 8.38. The molecular weight excluding hydrogens is 358 g/mol. The summed E-state index contributed by atoms with van der Waals surface area (Å²) >= 11 is 6.03. The summed E-state index contributed by atoms with van der Waals surface area (Å²) in [6, 6.07) is 7.09. The number of carbonyl (C=O) groups excluding carboxylic acids is 1. The number of nitrogens with one attached hydrogen (secondary N) is 1. The third-order valence-corrected chi connectivity index (χ3v) is 4.56. The lowest BCUT2D eigenvalue weighted by Gasteiger charge is -2.26. The van der Waals surface area contributed by atoms with Crippen LogP contribution in [0.1, 0.15) is 22.8 Å². The number of primary amides is 1. The minimum absolute atomic E-state index is 0.223. The van der Waals surface area contributed by atoms with E-state index in [0.29, 0.717) is 41.9 Å². The molecule has 1 fully saturated rings. The van der Waals surface area contributed by atoms with Gasteiger partial charge in [0, 0.05) is 24.6 Å². The molecule has 8 nitrogen and oxygen atoms in total. The SMILES string of the molecule is COc1cc(Nc2nn(C3COCCC3C#N)cc2C(N)=O)ccc1Cl. The van der Waals surface area contributed by atoms with Crippen LogP contribution >= 0.6 is 11.6 Å². The smallest absolute Gasteiger partial charge is 0.254 e. The lowest BCUT2D eigenvalue weighted by atomic mass is 9.97. The first kappa shape index (κ1) is 18.0. The Kier molecular flexibility index (Phi) is 5.30. The van der Waals surface area contributed by atoms with Gasteiger partial charge in [-0.1, -0.05) is 11.6 Å². The molecule has 1 aromatic carbocycles. The summed E-state index contributed by atoms with van der Waals surface area (Å²) in [5.41, 5.74) is 6.34. The summed E-state index contributed by atoms with van der Waals surface area (Å²) in [6.45, 7) is 0.890. The minimum Gasteiger partial charge on any atom is -0.495 e. The van der Waals surface area contributed by atoms with Crippen molar-refractivity contribution >= 4 is 29.0 Å². The maximum atomic E-state index is 11.8. The van der Waals surface area contributed by atoms with Crippen LogP contribution in [-0.2, 0) is 4.74 Å². The number of aromatic nitrogens is 2. The fourth-order valence-electron chi connectivity index (χ4n) is 2.84. The number of anilines is 2. The second-order valence-corrected chi connectivity index (χ2v) is 6.28. The number of amides is 1. The van der Waals surface area contributed by atoms with Crippen LogP contribution in [0.2, 0.25) is 5.02 Å². The maximum absolute atomic E-state index is 11.8. The zero-order valence-corrected chi connectivity index (χ0v) is 14.9. The Morgan fingerprint density at radius 1 is 1.58 bits per heavy atom. The zero-order chi connectivity index (χ0) is 18.7. The van der Waals surface area contributed by atoms with Crippen molar-refractivity contribution < 1.29 is 14.3 Å². The summed E-state index contributed by atoms with van der Waals surface area (Å²) in [5, 5.41) is 17.3. The topological polar surface area (TPSA) is 115 Å². The van der Waals surface area contributed by atoms with Gasteiger partial charge >= 0.3 is 0 Å². The van der Waals surface area contributed by atoms with E-state index in [2.05, 4.69) is 16.5 Å². The highest BCUT2D eigenvalue weighted by atomic mass is 35.5. The molecule has 1 aliphatic rings. The van der Waals surface area contributed by atoms with Gasteiger partial charge in [-0.2, -0.15) is 10.4 Å². The Hall–Kier alpha value is -2.76. The van der Waals surface area contributed by atoms with E-state index in [-0.39, 0.29) is 17.5 Å². The summed E-state index contributed by atoms with van der Waals surface area (Å²) in [4.78, 5) is 11.8. The second-order valence-electron chi connectivity index (χ2n) is 5.88. The number of hydrogen-bond donors (Lipinski definition) is 2. The first-order chi connectivity index (χ1) is 12.5. The lowest BCUT2D eigenvalue weighted by Crippen LogP contribution is -2.29. The number of methoxy groups -OCH3 is 1. The van der Waals surface area contributed by atoms with E-state index in [0.717, 1.165) is 0 Å². The molecule has 9 heteroatoms. The van der Waals surface area contributed by atoms with Crippen LogP contribution < -0.4 is 15.8 Å². The summed E-state index contributed by atoms with van der Waals surface area (Å²) in [7, 11) is 1.51. The predicted molar refractivity (Wildman–Crippen MR) is 95.6 cm³/mol. The van der Waals surface area contributed by atoms with Gasteiger partial charge in [0.05, 0.1) is 36.8 Å². The van der Waals surface area contributed by atoms with E-state index in [1.165, 1.54) is 7.11 Å². The molecule has 1 aliphatic heterocycles. The molecule has 0 radical (unpaired) electrons. The standard InChI is InChI=1S/C17H18ClN5O3/c1-25-15-6-11(2-3-13(15)18)21-17-12(16(20)24)8-23(22-17)14-9-26-5-4-10(14)7-19/h2-3,6,8,10,14H,4-5,9H2,1H3,(H2,20,24)(H,21,22). The molecule has 1 saturated heterocycles. The number of rotatable bonds is 5. The molecular formula is C17H18ClN5O3. The van der Waals surface area contributed by atoms with Crippen molar-refractivity contribution in [3.05, 3.63) is 35.0 Å². The Morgan fingerprint density at radius 3 is 3.08 bits per heavy atom. The fourth-order valence-corrected chi connectivity index (χ4v) is 3.04. The highest BCUT2D eigenvalue weighted by Crippen LogP contribution is 2.31. The van der Waals surface area contributed by atoms with Gasteiger partial charge in [-0.3, -0.25) is 9.48 Å². The van der Waals surface area contributed by atoms with E-state index < -0.39 is 5.91 Å². The molecule has 1 aromatic heterocycles. The summed E-state index contributed by atoms with van der Waals surface area (Å²) in [6.07, 6.45) is 2.16. The van der Waals surface area contributed by atoms with Gasteiger partial charge in [-0.05, 0) is 18.6 Å². The molecule has 0 spiro atoms. The number of ether oxygens (including phenoxy) is 2. The quantitative estimate of drug-likeness (QED) is 0.829. The van der Waals surface area contributed by atoms with Crippen LogP contribution in [0.4, 0.5) is 11.5 Å². The van der Waals surface area contributed by atoms with Crippen molar-refractivity contribution in [1.82, 2.24) is 9.78 Å². The molecule has 3 N–H and O–H groups in total. The van der Waals surface area contributed by atoms with Gasteiger partial charge in [-0.25, -0.2) is 0 Å². The van der Waals surface area contributed by atoms with Gasteiger partial charge in [0.2, 0.25) is 0 Å². The van der Waals surface area contributed by atoms with Crippen molar-refractivity contribution in [3.63, 3.8) is 0 Å². The van der Waals surface area contributed by atoms with Crippen molar-refractivity contribution in [1.29, 1.82) is 5.26 Å². The highest BCUT2D eigenvalue weighted by Gasteiger charge is 2.29. The van der Waals surface area contributed by atoms with E-state index in [1.807, 2.05) is 0 Å². The number of nitrogens with zero attached hydrogens (tertiary/aromatic N) is 3. The third-order valence-electron chi connectivity index (χ3n) is 4.24. The van der Waals surface area contributed by atoms with Gasteiger partial charge in [0.1, 0.15) is 11.3 Å². The van der Waals surface area contributed by atoms with Gasteiger partial charge in [-0.15, -0.1) is 0 Å². The molecule has 2 heterocycles. The predicted octanol–water partition coefficient (Wildman–Crippen LogP) is 2.49. The largest absolute Gasteiger partial charge is 0.495 e. The molecule has 26 heavy (non-hydrogen) atoms. The Labute approximate surface area is 155 Å². The Morgan fingerprint density at radius 2 is 2.38 bits per heavy atom. The van der Waals surface area contributed by atoms with Crippen molar-refractivity contribution in [2.45, 2.75) is 12.5 Å². The molecule has 2 unspecified atom stereocenters. The Bertz CT molecular complexity index is 861. The maximum Gasteiger partial charge on any atom is 0.254 e. The molecule has 2 aromatic rings. The molecule has 0 bridgehead atoms. The molecule has 0 saturated carbocycles. The van der Waals surface area contributed by atoms with Crippen molar-refractivity contribution in [2.75, 3.05) is 25.6 Å². The van der Waals surface area contributed by atoms with Gasteiger partial charge < -0.3 is 20.5 Å². The zero-order valence-electron chi connectivity index (χ0n) is 14.1. The van der Waals surface area contributed by atoms with E-state index in [1.54, 1.807) is 29.1 Å². The van der Waals surface area contributed by atoms with E-state index in [4.69, 9.17) is 26.8 Å². The fraction of sp³-hybridized carbons (Fsp3) is 0.353. The number of nitriles is 1. The monoisotopic (exact) mass is 375 g/mol. The molecule has 1 amide bonds. The van der Waals surface area contributed by atoms with Crippen LogP contribution in [0, 0.1) is 17.2 Å². The first-order valence-electron chi connectivity index (χ1n) is 8.00. The molecule has 136 valence electrons. The number of benzene rings is 1. The summed E-state index contributed by atoms with van der Waals surface area (Å²) < 4.78 is 12.2. The number of carbonyl (C=O) groups is 1. The van der Waals surface area contributed by atoms with Crippen LogP contribution in [-0.4, -0.2) is 36.0 Å². The van der Waals surface area contributed by atoms with Gasteiger partial charge in [0.15, 0.2) is 5.82 Å². The average Bonchev–Trinajstić information content (AvgIpc) is 3.07. The summed E-state index contributed by atoms with van der Waals surface area (Å²) in [5.74, 6) is -0.0798. The molecule has 2 atom stereocenters. The average molecular weight is 376 g/mol. The van der Waals surface area contributed by atoms with Gasteiger partial charge in [0.25, 0.3) is 5.91 Å². The molecule has 0 aliphatic carbocycles. The molecule has 3 rings (SSSR count). The van der Waals surface area contributed by atoms with E-state index >= 15 is 0 Å². The van der Waals surface area contributed by atoms with E-state index in [9.17, 15) is 10.1 Å². The normalized spacial score (nSPS) is 19.6.